The van der Waals surface area contributed by atoms with E-state index in [1.165, 1.54) is 6.82 Å². The minimum Gasteiger partial charge on any atom is -0.454 e. The van der Waals surface area contributed by atoms with Crippen molar-refractivity contribution in [1.29, 1.82) is 0 Å². The Morgan fingerprint density at radius 3 is 1.65 bits per heavy atom. The molecule has 0 radical (unpaired) electrons. The molecule has 0 spiro atoms. The third-order valence-electron chi connectivity index (χ3n) is 8.97. The fraction of sp³-hybridized carbons (Fsp3) is 0.559. The van der Waals surface area contributed by atoms with Gasteiger partial charge in [0.2, 0.25) is 11.8 Å². The summed E-state index contributed by atoms with van der Waals surface area (Å²) < 4.78 is 57.6. The number of amides is 2. The highest BCUT2D eigenvalue weighted by Gasteiger charge is 2.46. The first-order valence-electron chi connectivity index (χ1n) is 16.2. The van der Waals surface area contributed by atoms with Crippen LogP contribution >= 0.6 is 0 Å². The number of hydrogen-bond acceptors (Lipinski definition) is 7. The van der Waals surface area contributed by atoms with Crippen LogP contribution in [0, 0.1) is 17.8 Å². The molecule has 2 heterocycles. The van der Waals surface area contributed by atoms with E-state index in [0.717, 1.165) is 11.1 Å². The van der Waals surface area contributed by atoms with Crippen molar-refractivity contribution < 1.29 is 46.8 Å². The SMILES string of the molecule is CB(O)N[C@H](C(=O)OC(C(F)F)C1CCN([C@H](C)c2ccccc2)C1=O)C(C)C.C[C@H](c1ccccc1)N1CCC(C(O)C(F)F)C1=O. The van der Waals surface area contributed by atoms with Crippen molar-refractivity contribution in [2.75, 3.05) is 13.1 Å². The number of aliphatic hydroxyl groups excluding tert-OH is 1. The summed E-state index contributed by atoms with van der Waals surface area (Å²) in [5, 5.41) is 21.5. The zero-order valence-corrected chi connectivity index (χ0v) is 27.9. The van der Waals surface area contributed by atoms with E-state index in [4.69, 9.17) is 4.74 Å². The Morgan fingerprint density at radius 2 is 1.25 bits per heavy atom. The Bertz CT molecular complexity index is 1330. The number of likely N-dealkylation sites (tertiary alicyclic amines) is 2. The van der Waals surface area contributed by atoms with Crippen molar-refractivity contribution in [1.82, 2.24) is 15.0 Å². The molecule has 7 atom stereocenters. The zero-order chi connectivity index (χ0) is 35.7. The Hall–Kier alpha value is -3.49. The average Bonchev–Trinajstić information content (AvgIpc) is 3.63. The summed E-state index contributed by atoms with van der Waals surface area (Å²) in [5.41, 5.74) is 1.87. The number of halogens is 4. The van der Waals surface area contributed by atoms with Crippen LogP contribution in [0.5, 0.6) is 0 Å². The summed E-state index contributed by atoms with van der Waals surface area (Å²) in [5.74, 6) is -4.08. The Labute approximate surface area is 279 Å². The lowest BCUT2D eigenvalue weighted by Gasteiger charge is -2.28. The minimum atomic E-state index is -2.99. The third kappa shape index (κ3) is 9.79. The molecule has 14 heteroatoms. The number of ether oxygens (including phenoxy) is 1. The van der Waals surface area contributed by atoms with E-state index in [2.05, 4.69) is 5.23 Å². The quantitative estimate of drug-likeness (QED) is 0.159. The second-order valence-corrected chi connectivity index (χ2v) is 12.7. The first kappa shape index (κ1) is 39.0. The molecule has 0 bridgehead atoms. The first-order valence-corrected chi connectivity index (χ1v) is 16.2. The predicted molar refractivity (Wildman–Crippen MR) is 173 cm³/mol. The van der Waals surface area contributed by atoms with Gasteiger partial charge in [-0.05, 0) is 50.6 Å². The normalized spacial score (nSPS) is 21.2. The monoisotopic (exact) mass is 679 g/mol. The van der Waals surface area contributed by atoms with Crippen LogP contribution in [0.2, 0.25) is 6.82 Å². The van der Waals surface area contributed by atoms with Crippen LogP contribution in [0.3, 0.4) is 0 Å². The fourth-order valence-electron chi connectivity index (χ4n) is 6.15. The second-order valence-electron chi connectivity index (χ2n) is 12.7. The smallest absolute Gasteiger partial charge is 0.374 e. The van der Waals surface area contributed by atoms with Crippen molar-refractivity contribution in [2.45, 2.75) is 90.5 Å². The molecule has 4 unspecified atom stereocenters. The summed E-state index contributed by atoms with van der Waals surface area (Å²) >= 11 is 0. The molecule has 2 fully saturated rings. The molecular formula is C34H46BF4N3O6. The Morgan fingerprint density at radius 1 is 0.812 bits per heavy atom. The van der Waals surface area contributed by atoms with Gasteiger partial charge >= 0.3 is 13.0 Å². The third-order valence-corrected chi connectivity index (χ3v) is 8.97. The number of benzene rings is 2. The van der Waals surface area contributed by atoms with Crippen molar-refractivity contribution in [2.24, 2.45) is 17.8 Å². The number of nitrogens with one attached hydrogen (secondary N) is 1. The zero-order valence-electron chi connectivity index (χ0n) is 27.9. The first-order chi connectivity index (χ1) is 22.6. The van der Waals surface area contributed by atoms with Gasteiger partial charge in [-0.1, -0.05) is 74.5 Å². The molecule has 9 nitrogen and oxygen atoms in total. The molecule has 2 aliphatic rings. The van der Waals surface area contributed by atoms with Gasteiger partial charge in [0.15, 0.2) is 6.10 Å². The Balaban J connectivity index is 0.000000284. The molecule has 2 aliphatic heterocycles. The number of carbonyl (C=O) groups is 3. The molecule has 2 aromatic rings. The fourth-order valence-corrected chi connectivity index (χ4v) is 6.15. The van der Waals surface area contributed by atoms with Gasteiger partial charge in [0.1, 0.15) is 12.1 Å². The van der Waals surface area contributed by atoms with Crippen molar-refractivity contribution in [3.63, 3.8) is 0 Å². The van der Waals surface area contributed by atoms with Gasteiger partial charge < -0.3 is 29.9 Å². The maximum absolute atomic E-state index is 13.7. The van der Waals surface area contributed by atoms with Crippen LogP contribution in [0.4, 0.5) is 17.6 Å². The van der Waals surface area contributed by atoms with Crippen molar-refractivity contribution in [3.8, 4) is 0 Å². The van der Waals surface area contributed by atoms with E-state index >= 15 is 0 Å². The van der Waals surface area contributed by atoms with Crippen LogP contribution in [0.1, 0.15) is 63.7 Å². The van der Waals surface area contributed by atoms with Gasteiger partial charge in [-0.25, -0.2) is 17.6 Å². The lowest BCUT2D eigenvalue weighted by Crippen LogP contribution is -2.51. The van der Waals surface area contributed by atoms with Gasteiger partial charge in [-0.2, -0.15) is 0 Å². The van der Waals surface area contributed by atoms with Gasteiger partial charge in [-0.3, -0.25) is 14.4 Å². The second kappa shape index (κ2) is 17.8. The molecule has 2 saturated heterocycles. The lowest BCUT2D eigenvalue weighted by molar-refractivity contribution is -0.168. The van der Waals surface area contributed by atoms with E-state index in [1.54, 1.807) is 23.6 Å². The van der Waals surface area contributed by atoms with Gasteiger partial charge in [-0.15, -0.1) is 0 Å². The topological polar surface area (TPSA) is 119 Å². The highest BCUT2D eigenvalue weighted by atomic mass is 19.3. The van der Waals surface area contributed by atoms with E-state index in [1.807, 2.05) is 74.5 Å². The molecule has 2 aromatic carbocycles. The number of esters is 1. The van der Waals surface area contributed by atoms with E-state index in [0.29, 0.717) is 13.1 Å². The summed E-state index contributed by atoms with van der Waals surface area (Å²) in [4.78, 5) is 40.6. The van der Waals surface area contributed by atoms with Crippen LogP contribution in [0.25, 0.3) is 0 Å². The highest BCUT2D eigenvalue weighted by Crippen LogP contribution is 2.34. The largest absolute Gasteiger partial charge is 0.454 e. The lowest BCUT2D eigenvalue weighted by atomic mass is 9.85. The summed E-state index contributed by atoms with van der Waals surface area (Å²) in [6.45, 7) is 9.29. The molecule has 2 amide bonds. The molecule has 0 saturated carbocycles. The van der Waals surface area contributed by atoms with Crippen molar-refractivity contribution in [3.05, 3.63) is 71.8 Å². The number of alkyl halides is 4. The molecule has 3 N–H and O–H groups in total. The maximum atomic E-state index is 13.7. The molecule has 48 heavy (non-hydrogen) atoms. The van der Waals surface area contributed by atoms with Gasteiger partial charge in [0, 0.05) is 13.1 Å². The Kier molecular flexibility index (Phi) is 14.4. The van der Waals surface area contributed by atoms with Crippen LogP contribution < -0.4 is 5.23 Å². The number of rotatable bonds is 13. The number of aliphatic hydroxyl groups is 1. The number of nitrogens with zero attached hydrogens (tertiary/aromatic N) is 2. The average molecular weight is 680 g/mol. The standard InChI is InChI=1S/C20H29BF2N2O4.C14H17F2NO2/c1-12(2)16(24-21(4)28)20(27)29-17(18(22)23)15-10-11-25(19(15)26)13(3)14-8-6-5-7-9-14;1-9(10-5-3-2-4-6-10)17-8-7-11(14(17)19)12(18)13(15)16/h5-9,12-13,15-18,24,28H,10-11H2,1-4H3;2-6,9,11-13,18H,7-8H2,1H3/t13-,15?,16+,17?;9-,11?,12?/m11/s1. The molecule has 0 aromatic heterocycles. The van der Waals surface area contributed by atoms with E-state index < -0.39 is 61.9 Å². The number of carbonyl (C=O) groups excluding carboxylic acids is 3. The van der Waals surface area contributed by atoms with Crippen LogP contribution in [-0.4, -0.2) is 89.0 Å². The minimum absolute atomic E-state index is 0.163. The van der Waals surface area contributed by atoms with E-state index in [-0.39, 0.29) is 36.8 Å². The molecule has 0 aliphatic carbocycles. The van der Waals surface area contributed by atoms with Crippen molar-refractivity contribution >= 4 is 24.8 Å². The molecular weight excluding hydrogens is 633 g/mol. The van der Waals surface area contributed by atoms with Gasteiger partial charge in [0.05, 0.1) is 23.9 Å². The van der Waals surface area contributed by atoms with Crippen LogP contribution in [0.15, 0.2) is 60.7 Å². The van der Waals surface area contributed by atoms with E-state index in [9.17, 15) is 42.1 Å². The summed E-state index contributed by atoms with van der Waals surface area (Å²) in [6, 6.07) is 17.4. The number of hydrogen-bond donors (Lipinski definition) is 3. The predicted octanol–water partition coefficient (Wildman–Crippen LogP) is 4.72. The maximum Gasteiger partial charge on any atom is 0.374 e. The molecule has 4 rings (SSSR count). The summed E-state index contributed by atoms with van der Waals surface area (Å²) in [6.07, 6.45) is -9.07. The molecule has 264 valence electrons. The summed E-state index contributed by atoms with van der Waals surface area (Å²) in [7, 11) is -1.00. The van der Waals surface area contributed by atoms with Gasteiger partial charge in [0.25, 0.3) is 12.9 Å². The van der Waals surface area contributed by atoms with Crippen LogP contribution in [-0.2, 0) is 19.1 Å². The highest BCUT2D eigenvalue weighted by molar-refractivity contribution is 6.46.